The van der Waals surface area contributed by atoms with E-state index in [1.807, 2.05) is 0 Å². The van der Waals surface area contributed by atoms with Crippen molar-refractivity contribution in [2.45, 2.75) is 59.9 Å². The summed E-state index contributed by atoms with van der Waals surface area (Å²) < 4.78 is 0. The van der Waals surface area contributed by atoms with Crippen LogP contribution in [-0.4, -0.2) is 8.07 Å². The van der Waals surface area contributed by atoms with Gasteiger partial charge in [0.05, 0.1) is 0 Å². The van der Waals surface area contributed by atoms with Crippen molar-refractivity contribution in [3.05, 3.63) is 165 Å². The van der Waals surface area contributed by atoms with E-state index in [9.17, 15) is 0 Å². The molecule has 0 spiro atoms. The van der Waals surface area contributed by atoms with E-state index in [-0.39, 0.29) is 26.2 Å². The van der Waals surface area contributed by atoms with Crippen LogP contribution in [0.1, 0.15) is 50.7 Å². The van der Waals surface area contributed by atoms with Crippen molar-refractivity contribution in [2.75, 3.05) is 0 Å². The molecule has 49 heavy (non-hydrogen) atoms. The van der Waals surface area contributed by atoms with Crippen LogP contribution in [0.4, 0.5) is 0 Å². The molecule has 0 saturated heterocycles. The van der Waals surface area contributed by atoms with E-state index in [2.05, 4.69) is 188 Å². The summed E-state index contributed by atoms with van der Waals surface area (Å²) in [6.07, 6.45) is 4.56. The van der Waals surface area contributed by atoms with Crippen LogP contribution < -0.4 is 15.6 Å². The van der Waals surface area contributed by atoms with Crippen LogP contribution >= 0.6 is 0 Å². The maximum atomic E-state index is 3.60. The number of hydrogen-bond acceptors (Lipinski definition) is 0. The van der Waals surface area contributed by atoms with E-state index in [4.69, 9.17) is 0 Å². The topological polar surface area (TPSA) is 0 Å². The molecule has 0 N–H and O–H groups in total. The number of benzene rings is 5. The van der Waals surface area contributed by atoms with Crippen molar-refractivity contribution in [3.8, 4) is 22.3 Å². The van der Waals surface area contributed by atoms with Gasteiger partial charge in [0.2, 0.25) is 0 Å². The molecule has 0 atom stereocenters. The fraction of sp³-hybridized carbons (Fsp3) is 0.191. The normalized spacial score (nSPS) is 10.9. The first-order valence-corrected chi connectivity index (χ1v) is 20.0. The second kappa shape index (κ2) is 17.9. The molecule has 7 aromatic carbocycles. The smallest absolute Gasteiger partial charge is 0.343 e. The predicted molar refractivity (Wildman–Crippen MR) is 217 cm³/mol. The SMILES string of the molecule is Cc1[cH-]c2cccc(-c3ccccc3)c2c1[Si](C)(c1ccccc1)c1c(C)[cH-]c2cccc(-c3ccccc3)c12.[CH2-]CCC.[CH2-]CCC.[Zr+4]. The van der Waals surface area contributed by atoms with Crippen LogP contribution in [-0.2, 0) is 26.2 Å². The predicted octanol–water partition coefficient (Wildman–Crippen LogP) is 11.7. The molecular formula is C47H50SiZr. The van der Waals surface area contributed by atoms with Crippen molar-refractivity contribution >= 4 is 45.2 Å². The third-order valence-electron chi connectivity index (χ3n) is 9.45. The van der Waals surface area contributed by atoms with Gasteiger partial charge in [0.15, 0.2) is 0 Å². The minimum atomic E-state index is -2.52. The molecule has 0 aliphatic carbocycles. The molecule has 246 valence electrons. The molecule has 7 aromatic rings. The van der Waals surface area contributed by atoms with Crippen molar-refractivity contribution in [3.63, 3.8) is 0 Å². The molecule has 0 radical (unpaired) electrons. The Balaban J connectivity index is 0.000000545. The van der Waals surface area contributed by atoms with Gasteiger partial charge in [-0.25, -0.2) is 0 Å². The second-order valence-electron chi connectivity index (χ2n) is 12.9. The van der Waals surface area contributed by atoms with Gasteiger partial charge in [-0.3, -0.25) is 0 Å². The number of rotatable bonds is 7. The van der Waals surface area contributed by atoms with Crippen molar-refractivity contribution in [1.82, 2.24) is 0 Å². The fourth-order valence-corrected chi connectivity index (χ4v) is 12.1. The van der Waals surface area contributed by atoms with E-state index in [1.54, 1.807) is 0 Å². The van der Waals surface area contributed by atoms with Gasteiger partial charge in [-0.2, -0.15) is 23.2 Å². The summed E-state index contributed by atoms with van der Waals surface area (Å²) in [6, 6.07) is 51.6. The van der Waals surface area contributed by atoms with Gasteiger partial charge in [-0.1, -0.05) is 167 Å². The molecule has 0 unspecified atom stereocenters. The number of hydrogen-bond donors (Lipinski definition) is 0. The maximum absolute atomic E-state index is 3.60. The average molecular weight is 734 g/mol. The molecule has 0 heterocycles. The Morgan fingerprint density at radius 2 is 0.857 bits per heavy atom. The van der Waals surface area contributed by atoms with Crippen LogP contribution in [0, 0.1) is 27.7 Å². The molecule has 0 fully saturated rings. The first kappa shape index (κ1) is 38.2. The molecule has 7 rings (SSSR count). The Bertz CT molecular complexity index is 1900. The van der Waals surface area contributed by atoms with Crippen LogP contribution in [0.2, 0.25) is 6.55 Å². The summed E-state index contributed by atoms with van der Waals surface area (Å²) in [7, 11) is -2.52. The van der Waals surface area contributed by atoms with Crippen LogP contribution in [0.15, 0.2) is 140 Å². The van der Waals surface area contributed by atoms with Crippen LogP contribution in [0.3, 0.4) is 0 Å². The molecule has 0 nitrogen and oxygen atoms in total. The Labute approximate surface area is 316 Å². The van der Waals surface area contributed by atoms with Gasteiger partial charge in [0.25, 0.3) is 0 Å². The quantitative estimate of drug-likeness (QED) is 0.113. The first-order chi connectivity index (χ1) is 23.4. The Morgan fingerprint density at radius 1 is 0.510 bits per heavy atom. The monoisotopic (exact) mass is 732 g/mol. The number of fused-ring (bicyclic) bond motifs is 2. The van der Waals surface area contributed by atoms with Gasteiger partial charge >= 0.3 is 26.2 Å². The minimum absolute atomic E-state index is 0. The van der Waals surface area contributed by atoms with E-state index in [1.165, 1.54) is 83.3 Å². The minimum Gasteiger partial charge on any atom is -0.343 e. The third-order valence-corrected chi connectivity index (χ3v) is 14.2. The van der Waals surface area contributed by atoms with Crippen LogP contribution in [0.5, 0.6) is 0 Å². The van der Waals surface area contributed by atoms with E-state index in [0.29, 0.717) is 0 Å². The van der Waals surface area contributed by atoms with Crippen molar-refractivity contribution in [2.24, 2.45) is 0 Å². The molecule has 0 aromatic heterocycles. The summed E-state index contributed by atoms with van der Waals surface area (Å²) in [4.78, 5) is 0. The summed E-state index contributed by atoms with van der Waals surface area (Å²) in [5, 5.41) is 10.0. The maximum Gasteiger partial charge on any atom is 4.00 e. The van der Waals surface area contributed by atoms with Gasteiger partial charge in [0, 0.05) is 8.07 Å². The van der Waals surface area contributed by atoms with Gasteiger partial charge in [-0.05, 0) is 11.1 Å². The van der Waals surface area contributed by atoms with Gasteiger partial charge < -0.3 is 13.8 Å². The molecule has 0 amide bonds. The molecule has 0 saturated carbocycles. The Hall–Kier alpha value is -3.58. The molecule has 0 aliphatic rings. The van der Waals surface area contributed by atoms with Crippen LogP contribution in [0.25, 0.3) is 43.8 Å². The van der Waals surface area contributed by atoms with E-state index in [0.717, 1.165) is 12.8 Å². The standard InChI is InChI=1S/C39H32Si.2C4H9.Zr/c1-27-25-31-19-13-23-34(29-15-7-4-8-16-29)36(31)38(27)40(3,33-21-11-6-12-22-33)39-28(2)26-32-20-14-24-35(37(32)39)30-17-9-5-10-18-30;2*1-3-4-2;/h4-26H,1-3H3;2*1,3-4H2,2H3;/q-2;2*-1;+4. The third kappa shape index (κ3) is 7.93. The van der Waals surface area contributed by atoms with Gasteiger partial charge in [0.1, 0.15) is 0 Å². The summed E-state index contributed by atoms with van der Waals surface area (Å²) in [5.74, 6) is 0. The van der Waals surface area contributed by atoms with E-state index >= 15 is 0 Å². The molecule has 0 aliphatic heterocycles. The molecular weight excluding hydrogens is 684 g/mol. The zero-order valence-electron chi connectivity index (χ0n) is 30.0. The number of unbranched alkanes of at least 4 members (excludes halogenated alkanes) is 2. The summed E-state index contributed by atoms with van der Waals surface area (Å²) in [5.41, 5.74) is 7.99. The average Bonchev–Trinajstić information content (AvgIpc) is 3.68. The Morgan fingerprint density at radius 3 is 1.20 bits per heavy atom. The fourth-order valence-electron chi connectivity index (χ4n) is 7.13. The largest absolute Gasteiger partial charge is 4.00 e. The zero-order chi connectivity index (χ0) is 34.1. The van der Waals surface area contributed by atoms with Gasteiger partial charge in [-0.15, -0.1) is 69.1 Å². The number of aryl methyl sites for hydroxylation is 2. The second-order valence-corrected chi connectivity index (χ2v) is 16.7. The zero-order valence-corrected chi connectivity index (χ0v) is 33.5. The van der Waals surface area contributed by atoms with Crippen molar-refractivity contribution in [1.29, 1.82) is 0 Å². The first-order valence-electron chi connectivity index (χ1n) is 17.5. The Kier molecular flexibility index (Phi) is 14.0. The summed E-state index contributed by atoms with van der Waals surface area (Å²) >= 11 is 0. The van der Waals surface area contributed by atoms with E-state index < -0.39 is 8.07 Å². The molecule has 0 bridgehead atoms. The summed E-state index contributed by atoms with van der Waals surface area (Å²) in [6.45, 7) is 18.7. The molecule has 2 heteroatoms. The van der Waals surface area contributed by atoms with Crippen molar-refractivity contribution < 1.29 is 26.2 Å².